The first-order chi connectivity index (χ1) is 15.3. The second-order valence-corrected chi connectivity index (χ2v) is 8.00. The van der Waals surface area contributed by atoms with Crippen molar-refractivity contribution in [3.8, 4) is 5.75 Å². The summed E-state index contributed by atoms with van der Waals surface area (Å²) in [6.45, 7) is 2.90. The third-order valence-electron chi connectivity index (χ3n) is 4.41. The monoisotopic (exact) mass is 476 g/mol. The minimum absolute atomic E-state index is 0.0134. The van der Waals surface area contributed by atoms with Gasteiger partial charge in [-0.05, 0) is 45.3 Å². The van der Waals surface area contributed by atoms with Crippen LogP contribution in [0, 0.1) is 5.82 Å². The Balaban J connectivity index is 2.02. The van der Waals surface area contributed by atoms with Crippen molar-refractivity contribution >= 4 is 57.1 Å². The highest BCUT2D eigenvalue weighted by molar-refractivity contribution is 6.35. The zero-order chi connectivity index (χ0) is 23.3. The van der Waals surface area contributed by atoms with Crippen LogP contribution >= 0.6 is 23.2 Å². The average molecular weight is 477 g/mol. The fourth-order valence-electron chi connectivity index (χ4n) is 2.96. The molecule has 0 bridgehead atoms. The van der Waals surface area contributed by atoms with Crippen LogP contribution in [0.15, 0.2) is 48.7 Å². The zero-order valence-corrected chi connectivity index (χ0v) is 19.4. The fraction of sp³-hybridized carbons (Fsp3) is 0.217. The molecule has 0 aliphatic rings. The number of pyridine rings is 1. The number of ether oxygens (including phenoxy) is 1. The van der Waals surface area contributed by atoms with Crippen LogP contribution in [-0.4, -0.2) is 43.0 Å². The third-order valence-corrected chi connectivity index (χ3v) is 4.99. The van der Waals surface area contributed by atoms with Gasteiger partial charge in [-0.25, -0.2) is 4.39 Å². The van der Waals surface area contributed by atoms with Crippen LogP contribution in [0.2, 0.25) is 10.0 Å². The number of halogens is 3. The number of carbonyl (C=O) groups is 1. The van der Waals surface area contributed by atoms with Crippen molar-refractivity contribution in [2.75, 3.05) is 37.9 Å². The Bertz CT molecular complexity index is 1170. The summed E-state index contributed by atoms with van der Waals surface area (Å²) >= 11 is 12.3. The molecular formula is C23H23Cl2FN4O2. The Morgan fingerprint density at radius 3 is 2.69 bits per heavy atom. The van der Waals surface area contributed by atoms with Gasteiger partial charge in [0.15, 0.2) is 0 Å². The Labute approximate surface area is 196 Å². The highest BCUT2D eigenvalue weighted by Crippen LogP contribution is 2.38. The summed E-state index contributed by atoms with van der Waals surface area (Å²) in [5, 5.41) is 7.00. The van der Waals surface area contributed by atoms with E-state index in [-0.39, 0.29) is 10.9 Å². The van der Waals surface area contributed by atoms with Crippen LogP contribution in [0.3, 0.4) is 0 Å². The van der Waals surface area contributed by atoms with E-state index >= 15 is 0 Å². The molecule has 0 aliphatic heterocycles. The molecule has 0 saturated carbocycles. The lowest BCUT2D eigenvalue weighted by Crippen LogP contribution is -2.13. The smallest absolute Gasteiger partial charge is 0.248 e. The maximum absolute atomic E-state index is 13.5. The number of hydrogen-bond donors (Lipinski definition) is 2. The van der Waals surface area contributed by atoms with Crippen LogP contribution in [-0.2, 0) is 4.79 Å². The Morgan fingerprint density at radius 1 is 1.22 bits per heavy atom. The molecule has 3 rings (SSSR count). The molecule has 1 aromatic heterocycles. The van der Waals surface area contributed by atoms with E-state index in [4.69, 9.17) is 27.9 Å². The van der Waals surface area contributed by atoms with Crippen molar-refractivity contribution in [1.82, 2.24) is 9.88 Å². The lowest BCUT2D eigenvalue weighted by atomic mass is 10.1. The van der Waals surface area contributed by atoms with Gasteiger partial charge in [0.25, 0.3) is 0 Å². The molecule has 2 N–H and O–H groups in total. The van der Waals surface area contributed by atoms with Gasteiger partial charge in [0.1, 0.15) is 11.6 Å². The Morgan fingerprint density at radius 2 is 2.00 bits per heavy atom. The van der Waals surface area contributed by atoms with Gasteiger partial charge < -0.3 is 20.3 Å². The SMILES string of the molecule is CCOc1cc2ncc(Cl)c(Nc3ccc(F)c(Cl)c3)c2cc1NC(=O)C=CCN(C)C. The molecule has 2 aromatic carbocycles. The number of rotatable bonds is 8. The van der Waals surface area contributed by atoms with Crippen molar-refractivity contribution in [2.24, 2.45) is 0 Å². The molecule has 9 heteroatoms. The summed E-state index contributed by atoms with van der Waals surface area (Å²) in [6.07, 6.45) is 4.74. The molecule has 6 nitrogen and oxygen atoms in total. The Kier molecular flexibility index (Phi) is 7.90. The number of amides is 1. The van der Waals surface area contributed by atoms with Crippen LogP contribution < -0.4 is 15.4 Å². The third kappa shape index (κ3) is 5.88. The summed E-state index contributed by atoms with van der Waals surface area (Å²) < 4.78 is 19.2. The van der Waals surface area contributed by atoms with Gasteiger partial charge in [-0.15, -0.1) is 0 Å². The maximum atomic E-state index is 13.5. The van der Waals surface area contributed by atoms with Gasteiger partial charge in [0.05, 0.1) is 33.5 Å². The summed E-state index contributed by atoms with van der Waals surface area (Å²) in [5.74, 6) is -0.321. The van der Waals surface area contributed by atoms with Gasteiger partial charge in [0, 0.05) is 36.0 Å². The molecule has 1 amide bonds. The minimum Gasteiger partial charge on any atom is -0.492 e. The van der Waals surface area contributed by atoms with E-state index in [0.29, 0.717) is 51.9 Å². The Hall–Kier alpha value is -2.87. The first kappa shape index (κ1) is 23.8. The largest absolute Gasteiger partial charge is 0.492 e. The number of fused-ring (bicyclic) bond motifs is 1. The molecule has 1 heterocycles. The van der Waals surface area contributed by atoms with E-state index in [1.165, 1.54) is 24.4 Å². The highest BCUT2D eigenvalue weighted by Gasteiger charge is 2.15. The summed E-state index contributed by atoms with van der Waals surface area (Å²) in [6, 6.07) is 7.76. The fourth-order valence-corrected chi connectivity index (χ4v) is 3.34. The number of carbonyl (C=O) groups excluding carboxylic acids is 1. The molecule has 0 saturated heterocycles. The number of nitrogens with one attached hydrogen (secondary N) is 2. The molecule has 0 spiro atoms. The van der Waals surface area contributed by atoms with Crippen molar-refractivity contribution in [3.63, 3.8) is 0 Å². The molecule has 3 aromatic rings. The topological polar surface area (TPSA) is 66.5 Å². The average Bonchev–Trinajstić information content (AvgIpc) is 2.73. The van der Waals surface area contributed by atoms with Gasteiger partial charge in [0.2, 0.25) is 5.91 Å². The van der Waals surface area contributed by atoms with E-state index in [2.05, 4.69) is 15.6 Å². The van der Waals surface area contributed by atoms with E-state index in [9.17, 15) is 9.18 Å². The highest BCUT2D eigenvalue weighted by atomic mass is 35.5. The summed E-state index contributed by atoms with van der Waals surface area (Å²) in [4.78, 5) is 18.7. The molecule has 0 unspecified atom stereocenters. The molecule has 0 atom stereocenters. The number of aromatic nitrogens is 1. The van der Waals surface area contributed by atoms with E-state index in [1.807, 2.05) is 25.9 Å². The summed E-state index contributed by atoms with van der Waals surface area (Å²) in [5.41, 5.74) is 2.18. The van der Waals surface area contributed by atoms with Crippen LogP contribution in [0.4, 0.5) is 21.5 Å². The minimum atomic E-state index is -0.517. The van der Waals surface area contributed by atoms with E-state index in [1.54, 1.807) is 24.3 Å². The van der Waals surface area contributed by atoms with Crippen molar-refractivity contribution in [3.05, 3.63) is 64.5 Å². The zero-order valence-electron chi connectivity index (χ0n) is 17.9. The quantitative estimate of drug-likeness (QED) is 0.397. The maximum Gasteiger partial charge on any atom is 0.248 e. The molecule has 168 valence electrons. The number of hydrogen-bond acceptors (Lipinski definition) is 5. The first-order valence-electron chi connectivity index (χ1n) is 9.88. The van der Waals surface area contributed by atoms with Crippen LogP contribution in [0.25, 0.3) is 10.9 Å². The van der Waals surface area contributed by atoms with Crippen molar-refractivity contribution in [2.45, 2.75) is 6.92 Å². The van der Waals surface area contributed by atoms with Gasteiger partial charge in [-0.1, -0.05) is 29.3 Å². The van der Waals surface area contributed by atoms with Gasteiger partial charge in [-0.3, -0.25) is 9.78 Å². The van der Waals surface area contributed by atoms with E-state index < -0.39 is 5.82 Å². The second kappa shape index (κ2) is 10.6. The van der Waals surface area contributed by atoms with Gasteiger partial charge >= 0.3 is 0 Å². The van der Waals surface area contributed by atoms with E-state index in [0.717, 1.165) is 0 Å². The van der Waals surface area contributed by atoms with Crippen molar-refractivity contribution < 1.29 is 13.9 Å². The molecule has 0 aliphatic carbocycles. The lowest BCUT2D eigenvalue weighted by molar-refractivity contribution is -0.111. The second-order valence-electron chi connectivity index (χ2n) is 7.19. The number of benzene rings is 2. The number of anilines is 3. The lowest BCUT2D eigenvalue weighted by Gasteiger charge is -2.16. The normalized spacial score (nSPS) is 11.3. The van der Waals surface area contributed by atoms with Crippen LogP contribution in [0.1, 0.15) is 6.92 Å². The molecular weight excluding hydrogens is 454 g/mol. The predicted octanol–water partition coefficient (Wildman–Crippen LogP) is 5.88. The van der Waals surface area contributed by atoms with Gasteiger partial charge in [-0.2, -0.15) is 0 Å². The molecule has 0 fully saturated rings. The molecule has 32 heavy (non-hydrogen) atoms. The first-order valence-corrected chi connectivity index (χ1v) is 10.6. The standard InChI is InChI=1S/C23H23Cl2FN4O2/c1-4-32-21-12-19-15(11-20(21)29-22(31)6-5-9-30(2)3)23(17(25)13-27-19)28-14-7-8-18(26)16(24)10-14/h5-8,10-13H,4,9H2,1-3H3,(H,27,28)(H,29,31). The summed E-state index contributed by atoms with van der Waals surface area (Å²) in [7, 11) is 3.83. The van der Waals surface area contributed by atoms with Crippen molar-refractivity contribution in [1.29, 1.82) is 0 Å². The number of likely N-dealkylation sites (N-methyl/N-ethyl adjacent to an activating group) is 1. The number of nitrogens with zero attached hydrogens (tertiary/aromatic N) is 2. The molecule has 0 radical (unpaired) electrons. The van der Waals surface area contributed by atoms with Crippen LogP contribution in [0.5, 0.6) is 5.75 Å². The predicted molar refractivity (Wildman–Crippen MR) is 129 cm³/mol.